The third kappa shape index (κ3) is 3.13. The monoisotopic (exact) mass is 250 g/mol. The zero-order valence-corrected chi connectivity index (χ0v) is 9.53. The van der Waals surface area contributed by atoms with E-state index in [1.54, 1.807) is 0 Å². The Morgan fingerprint density at radius 3 is 2.39 bits per heavy atom. The van der Waals surface area contributed by atoms with Crippen LogP contribution >= 0.6 is 0 Å². The van der Waals surface area contributed by atoms with Gasteiger partial charge in [0.15, 0.2) is 11.6 Å². The van der Waals surface area contributed by atoms with E-state index in [0.717, 1.165) is 6.07 Å². The Kier molecular flexibility index (Phi) is 3.66. The van der Waals surface area contributed by atoms with Crippen LogP contribution in [0.3, 0.4) is 0 Å². The first-order chi connectivity index (χ1) is 8.65. The van der Waals surface area contributed by atoms with E-state index >= 15 is 0 Å². The van der Waals surface area contributed by atoms with Crippen molar-refractivity contribution >= 4 is 11.6 Å². The minimum absolute atomic E-state index is 0.294. The summed E-state index contributed by atoms with van der Waals surface area (Å²) in [6.07, 6.45) is 3.47. The maximum atomic E-state index is 12.9. The highest BCUT2D eigenvalue weighted by atomic mass is 19.1. The summed E-state index contributed by atoms with van der Waals surface area (Å²) in [6.45, 7) is 0.464. The van der Waals surface area contributed by atoms with Gasteiger partial charge in [0.05, 0.1) is 0 Å². The van der Waals surface area contributed by atoms with Gasteiger partial charge in [0.1, 0.15) is 11.6 Å². The summed E-state index contributed by atoms with van der Waals surface area (Å²) < 4.78 is 25.9. The molecule has 0 bridgehead atoms. The molecule has 0 saturated heterocycles. The van der Waals surface area contributed by atoms with Crippen LogP contribution in [-0.4, -0.2) is 16.5 Å². The average Bonchev–Trinajstić information content (AvgIpc) is 2.30. The molecular weight excluding hydrogens is 238 g/mol. The Morgan fingerprint density at radius 2 is 1.72 bits per heavy atom. The molecule has 2 aromatic rings. The molecule has 6 heteroatoms. The van der Waals surface area contributed by atoms with E-state index in [0.29, 0.717) is 30.2 Å². The molecule has 1 aromatic carbocycles. The third-order valence-corrected chi connectivity index (χ3v) is 2.36. The van der Waals surface area contributed by atoms with Crippen LogP contribution in [0.4, 0.5) is 20.4 Å². The van der Waals surface area contributed by atoms with Crippen molar-refractivity contribution < 1.29 is 8.78 Å². The number of nitrogen functional groups attached to an aromatic ring is 1. The smallest absolute Gasteiger partial charge is 0.168 e. The Bertz CT molecular complexity index is 525. The first-order valence-corrected chi connectivity index (χ1v) is 5.40. The Balaban J connectivity index is 1.94. The van der Waals surface area contributed by atoms with E-state index in [1.165, 1.54) is 24.5 Å². The van der Waals surface area contributed by atoms with Gasteiger partial charge in [0, 0.05) is 25.0 Å². The van der Waals surface area contributed by atoms with Crippen LogP contribution in [0.1, 0.15) is 5.56 Å². The fourth-order valence-corrected chi connectivity index (χ4v) is 1.57. The minimum atomic E-state index is -0.580. The molecule has 2 rings (SSSR count). The van der Waals surface area contributed by atoms with Gasteiger partial charge in [-0.1, -0.05) is 0 Å². The summed E-state index contributed by atoms with van der Waals surface area (Å²) >= 11 is 0. The van der Waals surface area contributed by atoms with Gasteiger partial charge in [0.25, 0.3) is 0 Å². The number of nitrogens with two attached hydrogens (primary N) is 1. The number of hydrogen-bond donors (Lipinski definition) is 2. The molecule has 0 amide bonds. The molecule has 0 unspecified atom stereocenters. The number of anilines is 2. The molecule has 18 heavy (non-hydrogen) atoms. The molecule has 0 aliphatic carbocycles. The van der Waals surface area contributed by atoms with Gasteiger partial charge in [-0.3, -0.25) is 0 Å². The first-order valence-electron chi connectivity index (χ1n) is 5.40. The summed E-state index contributed by atoms with van der Waals surface area (Å²) in [5.74, 6) is -0.398. The van der Waals surface area contributed by atoms with Gasteiger partial charge in [-0.25, -0.2) is 18.7 Å². The van der Waals surface area contributed by atoms with Crippen LogP contribution in [0.25, 0.3) is 0 Å². The molecule has 4 nitrogen and oxygen atoms in total. The lowest BCUT2D eigenvalue weighted by Gasteiger charge is -2.07. The fraction of sp³-hybridized carbons (Fsp3) is 0.167. The van der Waals surface area contributed by atoms with Crippen LogP contribution in [-0.2, 0) is 6.42 Å². The van der Waals surface area contributed by atoms with Crippen molar-refractivity contribution in [3.05, 3.63) is 47.8 Å². The van der Waals surface area contributed by atoms with Gasteiger partial charge in [0.2, 0.25) is 0 Å². The second-order valence-electron chi connectivity index (χ2n) is 3.74. The molecule has 0 aliphatic rings. The Labute approximate surface area is 103 Å². The molecule has 0 spiro atoms. The number of rotatable bonds is 4. The van der Waals surface area contributed by atoms with E-state index < -0.39 is 11.6 Å². The molecule has 1 heterocycles. The van der Waals surface area contributed by atoms with Crippen molar-refractivity contribution in [3.63, 3.8) is 0 Å². The van der Waals surface area contributed by atoms with E-state index in [4.69, 9.17) is 5.73 Å². The lowest BCUT2D eigenvalue weighted by Crippen LogP contribution is -2.09. The van der Waals surface area contributed by atoms with Crippen molar-refractivity contribution in [1.29, 1.82) is 0 Å². The highest BCUT2D eigenvalue weighted by molar-refractivity contribution is 5.54. The fourth-order valence-electron chi connectivity index (χ4n) is 1.57. The van der Waals surface area contributed by atoms with E-state index in [1.807, 2.05) is 0 Å². The van der Waals surface area contributed by atoms with Gasteiger partial charge in [-0.05, 0) is 24.1 Å². The third-order valence-electron chi connectivity index (χ3n) is 2.36. The average molecular weight is 250 g/mol. The largest absolute Gasteiger partial charge is 0.381 e. The number of nitrogens with one attached hydrogen (secondary N) is 1. The summed E-state index contributed by atoms with van der Waals surface area (Å²) in [6, 6.07) is 3.44. The first kappa shape index (κ1) is 12.2. The van der Waals surface area contributed by atoms with E-state index in [-0.39, 0.29) is 0 Å². The standard InChI is InChI=1S/C12H12F2N4/c13-9-5-8(6-10(14)7-9)1-2-17-12-11(15)16-3-4-18-12/h3-7H,1-2H2,(H2,15,16)(H,17,18). The van der Waals surface area contributed by atoms with E-state index in [2.05, 4.69) is 15.3 Å². The van der Waals surface area contributed by atoms with Crippen molar-refractivity contribution in [1.82, 2.24) is 9.97 Å². The molecule has 0 atom stereocenters. The second-order valence-corrected chi connectivity index (χ2v) is 3.74. The van der Waals surface area contributed by atoms with Crippen molar-refractivity contribution in [2.24, 2.45) is 0 Å². The lowest BCUT2D eigenvalue weighted by molar-refractivity contribution is 0.580. The summed E-state index contributed by atoms with van der Waals surface area (Å²) in [4.78, 5) is 7.86. The Morgan fingerprint density at radius 1 is 1.06 bits per heavy atom. The molecule has 94 valence electrons. The molecular formula is C12H12F2N4. The predicted molar refractivity (Wildman–Crippen MR) is 65.0 cm³/mol. The van der Waals surface area contributed by atoms with Crippen molar-refractivity contribution in [3.8, 4) is 0 Å². The predicted octanol–water partition coefficient (Wildman–Crippen LogP) is 1.99. The highest BCUT2D eigenvalue weighted by Gasteiger charge is 2.02. The summed E-state index contributed by atoms with van der Waals surface area (Å²) in [7, 11) is 0. The minimum Gasteiger partial charge on any atom is -0.381 e. The van der Waals surface area contributed by atoms with Crippen LogP contribution in [0.2, 0.25) is 0 Å². The van der Waals surface area contributed by atoms with Gasteiger partial charge in [-0.15, -0.1) is 0 Å². The number of hydrogen-bond acceptors (Lipinski definition) is 4. The van der Waals surface area contributed by atoms with Crippen LogP contribution in [0.5, 0.6) is 0 Å². The van der Waals surface area contributed by atoms with E-state index in [9.17, 15) is 8.78 Å². The van der Waals surface area contributed by atoms with Crippen LogP contribution in [0.15, 0.2) is 30.6 Å². The topological polar surface area (TPSA) is 63.8 Å². The number of benzene rings is 1. The maximum Gasteiger partial charge on any atom is 0.168 e. The van der Waals surface area contributed by atoms with Gasteiger partial charge >= 0.3 is 0 Å². The van der Waals surface area contributed by atoms with Crippen LogP contribution in [0, 0.1) is 11.6 Å². The zero-order chi connectivity index (χ0) is 13.0. The van der Waals surface area contributed by atoms with Crippen LogP contribution < -0.4 is 11.1 Å². The SMILES string of the molecule is Nc1nccnc1NCCc1cc(F)cc(F)c1. The quantitative estimate of drug-likeness (QED) is 0.871. The van der Waals surface area contributed by atoms with Gasteiger partial charge < -0.3 is 11.1 Å². The maximum absolute atomic E-state index is 12.9. The van der Waals surface area contributed by atoms with Gasteiger partial charge in [-0.2, -0.15) is 0 Å². The number of halogens is 2. The normalized spacial score (nSPS) is 10.3. The zero-order valence-electron chi connectivity index (χ0n) is 9.53. The second kappa shape index (κ2) is 5.39. The van der Waals surface area contributed by atoms with Crippen molar-refractivity contribution in [2.45, 2.75) is 6.42 Å². The summed E-state index contributed by atoms with van der Waals surface area (Å²) in [5.41, 5.74) is 6.16. The molecule has 3 N–H and O–H groups in total. The lowest BCUT2D eigenvalue weighted by atomic mass is 10.1. The number of nitrogens with zero attached hydrogens (tertiary/aromatic N) is 2. The Hall–Kier alpha value is -2.24. The molecule has 1 aromatic heterocycles. The molecule has 0 aliphatic heterocycles. The number of aromatic nitrogens is 2. The summed E-state index contributed by atoms with van der Waals surface area (Å²) in [5, 5.41) is 2.96. The van der Waals surface area contributed by atoms with Crippen molar-refractivity contribution in [2.75, 3.05) is 17.6 Å². The highest BCUT2D eigenvalue weighted by Crippen LogP contribution is 2.11. The molecule has 0 radical (unpaired) electrons. The molecule has 0 fully saturated rings. The molecule has 0 saturated carbocycles.